The molecule has 0 aliphatic carbocycles. The van der Waals surface area contributed by atoms with Crippen LogP contribution in [0, 0.1) is 0 Å². The smallest absolute Gasteiger partial charge is 0.384 e. The molecule has 36 heavy (non-hydrogen) atoms. The number of para-hydroxylation sites is 1. The number of hydrogen-bond acceptors (Lipinski definition) is 10. The van der Waals surface area contributed by atoms with Gasteiger partial charge in [0.25, 0.3) is 5.56 Å². The molecule has 0 radical (unpaired) electrons. The molecule has 3 aliphatic heterocycles. The number of carbonyl (C=O) groups is 3. The number of rotatable bonds is 1. The van der Waals surface area contributed by atoms with Crippen LogP contribution >= 0.6 is 0 Å². The van der Waals surface area contributed by atoms with Crippen molar-refractivity contribution in [2.24, 2.45) is 5.73 Å². The van der Waals surface area contributed by atoms with Crippen molar-refractivity contribution in [3.63, 3.8) is 0 Å². The average molecular weight is 491 g/mol. The molecule has 3 aliphatic rings. The first-order valence-electron chi connectivity index (χ1n) is 11.5. The Bertz CT molecular complexity index is 1560. The molecule has 11 heteroatoms. The van der Waals surface area contributed by atoms with Gasteiger partial charge in [0.15, 0.2) is 11.2 Å². The highest BCUT2D eigenvalue weighted by Crippen LogP contribution is 2.46. The van der Waals surface area contributed by atoms with Crippen LogP contribution in [0.3, 0.4) is 0 Å². The van der Waals surface area contributed by atoms with Crippen LogP contribution in [0.25, 0.3) is 22.3 Å². The van der Waals surface area contributed by atoms with E-state index in [4.69, 9.17) is 24.9 Å². The second-order valence-electron chi connectivity index (χ2n) is 9.10. The van der Waals surface area contributed by atoms with E-state index in [1.807, 2.05) is 30.3 Å². The van der Waals surface area contributed by atoms with Gasteiger partial charge in [-0.05, 0) is 31.0 Å². The Kier molecular flexibility index (Phi) is 4.63. The fraction of sp³-hybridized carbons (Fsp3) is 0.320. The summed E-state index contributed by atoms with van der Waals surface area (Å²) in [6.45, 7) is 1.64. The van der Waals surface area contributed by atoms with E-state index in [1.54, 1.807) is 0 Å². The molecule has 5 heterocycles. The number of fused-ring (bicyclic) bond motifs is 6. The number of benzene rings is 1. The van der Waals surface area contributed by atoms with Gasteiger partial charge < -0.3 is 29.6 Å². The molecular weight excluding hydrogens is 470 g/mol. The molecule has 0 bridgehead atoms. The summed E-state index contributed by atoms with van der Waals surface area (Å²) in [7, 11) is 0. The summed E-state index contributed by atoms with van der Waals surface area (Å²) in [4.78, 5) is 56.9. The van der Waals surface area contributed by atoms with Crippen molar-refractivity contribution in [3.05, 3.63) is 63.4 Å². The van der Waals surface area contributed by atoms with Gasteiger partial charge in [-0.3, -0.25) is 14.4 Å². The van der Waals surface area contributed by atoms with Crippen LogP contribution in [0.15, 0.2) is 41.2 Å². The molecule has 1 aromatic carbocycles. The fourth-order valence-corrected chi connectivity index (χ4v) is 4.96. The maximum atomic E-state index is 14.0. The van der Waals surface area contributed by atoms with E-state index < -0.39 is 46.6 Å². The van der Waals surface area contributed by atoms with Gasteiger partial charge in [-0.1, -0.05) is 25.1 Å². The summed E-state index contributed by atoms with van der Waals surface area (Å²) in [5, 5.41) is 12.2. The van der Waals surface area contributed by atoms with Crippen molar-refractivity contribution in [2.75, 3.05) is 0 Å². The highest BCUT2D eigenvalue weighted by Gasteiger charge is 2.61. The van der Waals surface area contributed by atoms with Gasteiger partial charge in [-0.25, -0.2) is 9.78 Å². The molecule has 1 fully saturated rings. The summed E-state index contributed by atoms with van der Waals surface area (Å²) in [6, 6.07) is 9.58. The molecule has 1 spiro atoms. The molecule has 3 atom stereocenters. The molecular formula is C25H21N3O8. The fourth-order valence-electron chi connectivity index (χ4n) is 4.96. The van der Waals surface area contributed by atoms with E-state index in [-0.39, 0.29) is 31.4 Å². The number of carbonyl (C=O) groups excluding carboxylic acids is 3. The Hall–Kier alpha value is -4.09. The zero-order chi connectivity index (χ0) is 25.4. The van der Waals surface area contributed by atoms with E-state index in [0.717, 1.165) is 10.9 Å². The first-order valence-corrected chi connectivity index (χ1v) is 11.5. The van der Waals surface area contributed by atoms with Gasteiger partial charge >= 0.3 is 23.9 Å². The lowest BCUT2D eigenvalue weighted by atomic mass is 9.84. The van der Waals surface area contributed by atoms with Crippen molar-refractivity contribution >= 4 is 28.8 Å². The van der Waals surface area contributed by atoms with Crippen molar-refractivity contribution < 1.29 is 33.7 Å². The predicted octanol–water partition coefficient (Wildman–Crippen LogP) is 0.897. The summed E-state index contributed by atoms with van der Waals surface area (Å²) in [6.07, 6.45) is -0.487. The quantitative estimate of drug-likeness (QED) is 0.366. The highest BCUT2D eigenvalue weighted by molar-refractivity contribution is 5.88. The molecule has 0 amide bonds. The molecule has 1 unspecified atom stereocenters. The zero-order valence-electron chi connectivity index (χ0n) is 19.1. The number of nitrogens with two attached hydrogens (primary N) is 1. The van der Waals surface area contributed by atoms with E-state index in [0.29, 0.717) is 16.9 Å². The van der Waals surface area contributed by atoms with Crippen LogP contribution < -0.4 is 11.3 Å². The van der Waals surface area contributed by atoms with E-state index in [1.165, 1.54) is 17.6 Å². The van der Waals surface area contributed by atoms with Gasteiger partial charge in [0.1, 0.15) is 6.04 Å². The Morgan fingerprint density at radius 1 is 1.14 bits per heavy atom. The summed E-state index contributed by atoms with van der Waals surface area (Å²) in [5.74, 6) is -5.96. The second kappa shape index (κ2) is 7.45. The minimum absolute atomic E-state index is 0.0504. The minimum atomic E-state index is -2.81. The molecule has 0 saturated carbocycles. The number of esters is 3. The molecule has 6 rings (SSSR count). The third-order valence-electron chi connectivity index (χ3n) is 6.95. The summed E-state index contributed by atoms with van der Waals surface area (Å²) >= 11 is 0. The van der Waals surface area contributed by atoms with Gasteiger partial charge in [0.2, 0.25) is 0 Å². The number of pyridine rings is 2. The van der Waals surface area contributed by atoms with E-state index in [2.05, 4.69) is 0 Å². The molecule has 1 saturated heterocycles. The Labute approximate surface area is 203 Å². The van der Waals surface area contributed by atoms with Gasteiger partial charge in [-0.15, -0.1) is 0 Å². The lowest BCUT2D eigenvalue weighted by Gasteiger charge is -2.41. The Morgan fingerprint density at radius 2 is 1.92 bits per heavy atom. The van der Waals surface area contributed by atoms with Crippen molar-refractivity contribution in [1.82, 2.24) is 9.55 Å². The van der Waals surface area contributed by atoms with Crippen LogP contribution in [0.5, 0.6) is 0 Å². The maximum absolute atomic E-state index is 14.0. The average Bonchev–Trinajstić information content (AvgIpc) is 3.21. The summed E-state index contributed by atoms with van der Waals surface area (Å²) in [5.41, 5.74) is 4.43. The lowest BCUT2D eigenvalue weighted by Crippen LogP contribution is -2.58. The van der Waals surface area contributed by atoms with E-state index >= 15 is 0 Å². The Balaban J connectivity index is 1.64. The minimum Gasteiger partial charge on any atom is -0.384 e. The number of aromatic nitrogens is 2. The first-order chi connectivity index (χ1) is 17.2. The van der Waals surface area contributed by atoms with Crippen molar-refractivity contribution in [2.45, 2.75) is 50.3 Å². The molecule has 11 nitrogen and oxygen atoms in total. The molecule has 3 aromatic rings. The zero-order valence-corrected chi connectivity index (χ0v) is 19.1. The lowest BCUT2D eigenvalue weighted by molar-refractivity contribution is -0.354. The number of nitrogens with zero attached hydrogens (tertiary/aromatic N) is 2. The maximum Gasteiger partial charge on any atom is 0.459 e. The van der Waals surface area contributed by atoms with E-state index in [9.17, 15) is 24.3 Å². The third kappa shape index (κ3) is 2.96. The van der Waals surface area contributed by atoms with Gasteiger partial charge in [0.05, 0.1) is 23.4 Å². The van der Waals surface area contributed by atoms with Gasteiger partial charge in [0, 0.05) is 22.9 Å². The summed E-state index contributed by atoms with van der Waals surface area (Å²) < 4.78 is 17.3. The highest BCUT2D eigenvalue weighted by atomic mass is 16.9. The molecule has 184 valence electrons. The van der Waals surface area contributed by atoms with Crippen molar-refractivity contribution in [3.8, 4) is 11.4 Å². The third-order valence-corrected chi connectivity index (χ3v) is 6.95. The van der Waals surface area contributed by atoms with Crippen LogP contribution in [0.2, 0.25) is 0 Å². The first kappa shape index (κ1) is 22.4. The van der Waals surface area contributed by atoms with Crippen LogP contribution in [-0.2, 0) is 46.7 Å². The van der Waals surface area contributed by atoms with Crippen LogP contribution in [0.1, 0.15) is 42.9 Å². The predicted molar refractivity (Wildman–Crippen MR) is 122 cm³/mol. The largest absolute Gasteiger partial charge is 0.459 e. The second-order valence-corrected chi connectivity index (χ2v) is 9.10. The normalized spacial score (nSPS) is 26.9. The van der Waals surface area contributed by atoms with Crippen LogP contribution in [-0.4, -0.2) is 38.6 Å². The van der Waals surface area contributed by atoms with Crippen molar-refractivity contribution in [1.29, 1.82) is 0 Å². The number of aliphatic hydroxyl groups is 1. The monoisotopic (exact) mass is 491 g/mol. The SMILES string of the molecule is CC[C@@]1(O)C(=O)OC2(OC(=O)CC[C@@H](N)C(=O)O2)c2c1cc1n(c2=O)Cc2cc3ccccc3nc2-1. The Morgan fingerprint density at radius 3 is 2.69 bits per heavy atom. The molecule has 2 aromatic heterocycles. The van der Waals surface area contributed by atoms with Gasteiger partial charge in [-0.2, -0.15) is 0 Å². The van der Waals surface area contributed by atoms with Crippen LogP contribution in [0.4, 0.5) is 0 Å². The number of ether oxygens (including phenoxy) is 3. The topological polar surface area (TPSA) is 160 Å². The standard InChI is InChI=1S/C25H21N3O8/c1-2-24(33)14-10-17-20-13(9-12-5-3-4-6-16(12)27-20)11-28(17)21(30)19(14)25(36-23(24)32)34-18(29)8-7-15(26)22(31)35-25/h3-6,9-10,15,33H,2,7-8,11,26H2,1H3/t15-,24+,25?/m1/s1. The number of hydrogen-bond donors (Lipinski definition) is 2. The molecule has 3 N–H and O–H groups in total.